The highest BCUT2D eigenvalue weighted by Gasteiger charge is 2.32. The number of amides is 1. The molecule has 0 radical (unpaired) electrons. The minimum Gasteiger partial charge on any atom is -0.348 e. The normalized spacial score (nSPS) is 16.2. The zero-order valence-corrected chi connectivity index (χ0v) is 19.7. The van der Waals surface area contributed by atoms with E-state index in [1.807, 2.05) is 49.4 Å². The lowest BCUT2D eigenvalue weighted by atomic mass is 10.00. The lowest BCUT2D eigenvalue weighted by Gasteiger charge is -2.26. The number of aromatic nitrogens is 2. The number of sulfonamides is 1. The molecule has 8 heteroatoms. The molecule has 1 saturated heterocycles. The van der Waals surface area contributed by atoms with Gasteiger partial charge in [-0.05, 0) is 49.9 Å². The van der Waals surface area contributed by atoms with Gasteiger partial charge in [-0.25, -0.2) is 8.42 Å². The maximum absolute atomic E-state index is 13.2. The Morgan fingerprint density at radius 1 is 1.06 bits per heavy atom. The molecule has 1 unspecified atom stereocenters. The number of piperidine rings is 1. The molecule has 1 aliphatic rings. The predicted octanol–water partition coefficient (Wildman–Crippen LogP) is 3.71. The Balaban J connectivity index is 1.52. The zero-order chi connectivity index (χ0) is 22.9. The van der Waals surface area contributed by atoms with Crippen molar-refractivity contribution in [3.05, 3.63) is 59.4 Å². The SMILES string of the molecule is Cc1nn(CC(=O)NC(C)c2cccc3ccccc23)c(C)c1S(=O)(=O)N1CCCCC1. The summed E-state index contributed by atoms with van der Waals surface area (Å²) >= 11 is 0. The number of hydrogen-bond donors (Lipinski definition) is 1. The summed E-state index contributed by atoms with van der Waals surface area (Å²) in [4.78, 5) is 13.1. The number of hydrogen-bond acceptors (Lipinski definition) is 4. The van der Waals surface area contributed by atoms with Crippen LogP contribution in [-0.4, -0.2) is 41.5 Å². The largest absolute Gasteiger partial charge is 0.348 e. The lowest BCUT2D eigenvalue weighted by Crippen LogP contribution is -2.36. The van der Waals surface area contributed by atoms with E-state index >= 15 is 0 Å². The summed E-state index contributed by atoms with van der Waals surface area (Å²) in [6.45, 7) is 6.41. The van der Waals surface area contributed by atoms with Crippen molar-refractivity contribution in [2.24, 2.45) is 0 Å². The van der Waals surface area contributed by atoms with E-state index < -0.39 is 10.0 Å². The van der Waals surface area contributed by atoms with E-state index in [0.29, 0.717) is 24.5 Å². The third kappa shape index (κ3) is 4.29. The Labute approximate surface area is 189 Å². The van der Waals surface area contributed by atoms with Crippen LogP contribution in [0.2, 0.25) is 0 Å². The van der Waals surface area contributed by atoms with Gasteiger partial charge in [-0.2, -0.15) is 9.40 Å². The van der Waals surface area contributed by atoms with Crippen LogP contribution in [0.3, 0.4) is 0 Å². The zero-order valence-electron chi connectivity index (χ0n) is 18.8. The molecule has 1 fully saturated rings. The van der Waals surface area contributed by atoms with Crippen molar-refractivity contribution in [3.8, 4) is 0 Å². The standard InChI is InChI=1S/C24H30N4O3S/c1-17(21-13-9-11-20-10-5-6-12-22(20)21)25-23(29)16-28-19(3)24(18(2)26-28)32(30,31)27-14-7-4-8-15-27/h5-6,9-13,17H,4,7-8,14-16H2,1-3H3,(H,25,29). The molecule has 7 nitrogen and oxygen atoms in total. The fourth-order valence-corrected chi connectivity index (χ4v) is 6.46. The van der Waals surface area contributed by atoms with Gasteiger partial charge in [0.05, 0.1) is 17.4 Å². The Bertz CT molecular complexity index is 1240. The number of benzene rings is 2. The molecule has 170 valence electrons. The third-order valence-electron chi connectivity index (χ3n) is 6.19. The maximum atomic E-state index is 13.2. The first-order valence-electron chi connectivity index (χ1n) is 11.1. The highest BCUT2D eigenvalue weighted by atomic mass is 32.2. The summed E-state index contributed by atoms with van der Waals surface area (Å²) in [6, 6.07) is 13.9. The van der Waals surface area contributed by atoms with Crippen LogP contribution in [0.25, 0.3) is 10.8 Å². The average molecular weight is 455 g/mol. The molecule has 4 rings (SSSR count). The number of carbonyl (C=O) groups excluding carboxylic acids is 1. The minimum atomic E-state index is -3.61. The number of rotatable bonds is 6. The average Bonchev–Trinajstić information content (AvgIpc) is 3.07. The van der Waals surface area contributed by atoms with Crippen LogP contribution in [0, 0.1) is 13.8 Å². The molecule has 2 aromatic carbocycles. The second-order valence-electron chi connectivity index (χ2n) is 8.48. The smallest absolute Gasteiger partial charge is 0.246 e. The van der Waals surface area contributed by atoms with E-state index in [1.165, 1.54) is 4.68 Å². The summed E-state index contributed by atoms with van der Waals surface area (Å²) in [5.41, 5.74) is 1.97. The first kappa shape index (κ1) is 22.5. The Morgan fingerprint density at radius 2 is 1.75 bits per heavy atom. The Hall–Kier alpha value is -2.71. The molecule has 1 aliphatic heterocycles. The fourth-order valence-electron chi connectivity index (χ4n) is 4.57. The van der Waals surface area contributed by atoms with Gasteiger partial charge in [0, 0.05) is 13.1 Å². The van der Waals surface area contributed by atoms with E-state index in [0.717, 1.165) is 35.6 Å². The van der Waals surface area contributed by atoms with Gasteiger partial charge in [-0.1, -0.05) is 48.9 Å². The fraction of sp³-hybridized carbons (Fsp3) is 0.417. The molecule has 32 heavy (non-hydrogen) atoms. The van der Waals surface area contributed by atoms with Gasteiger partial charge >= 0.3 is 0 Å². The van der Waals surface area contributed by atoms with E-state index in [4.69, 9.17) is 0 Å². The number of fused-ring (bicyclic) bond motifs is 1. The van der Waals surface area contributed by atoms with Gasteiger partial charge in [0.25, 0.3) is 0 Å². The van der Waals surface area contributed by atoms with Crippen LogP contribution in [0.1, 0.15) is 49.2 Å². The van der Waals surface area contributed by atoms with Crippen LogP contribution in [0.15, 0.2) is 47.4 Å². The van der Waals surface area contributed by atoms with Gasteiger partial charge in [-0.15, -0.1) is 0 Å². The first-order valence-corrected chi connectivity index (χ1v) is 12.5. The highest BCUT2D eigenvalue weighted by Crippen LogP contribution is 2.27. The molecule has 0 bridgehead atoms. The molecule has 3 aromatic rings. The minimum absolute atomic E-state index is 0.0305. The van der Waals surface area contributed by atoms with Crippen molar-refractivity contribution < 1.29 is 13.2 Å². The molecule has 1 atom stereocenters. The molecular weight excluding hydrogens is 424 g/mol. The van der Waals surface area contributed by atoms with Gasteiger partial charge in [0.1, 0.15) is 11.4 Å². The Morgan fingerprint density at radius 3 is 2.50 bits per heavy atom. The van der Waals surface area contributed by atoms with E-state index in [-0.39, 0.29) is 23.4 Å². The van der Waals surface area contributed by atoms with Crippen LogP contribution >= 0.6 is 0 Å². The van der Waals surface area contributed by atoms with E-state index in [1.54, 1.807) is 18.2 Å². The topological polar surface area (TPSA) is 84.3 Å². The van der Waals surface area contributed by atoms with Crippen molar-refractivity contribution in [3.63, 3.8) is 0 Å². The molecule has 1 amide bonds. The van der Waals surface area contributed by atoms with Gasteiger partial charge < -0.3 is 5.32 Å². The summed E-state index contributed by atoms with van der Waals surface area (Å²) < 4.78 is 29.4. The molecule has 0 aliphatic carbocycles. The summed E-state index contributed by atoms with van der Waals surface area (Å²) in [5.74, 6) is -0.210. The van der Waals surface area contributed by atoms with Crippen molar-refractivity contribution >= 4 is 26.7 Å². The van der Waals surface area contributed by atoms with Crippen LogP contribution in [0.5, 0.6) is 0 Å². The van der Waals surface area contributed by atoms with Crippen LogP contribution in [-0.2, 0) is 21.4 Å². The maximum Gasteiger partial charge on any atom is 0.246 e. The van der Waals surface area contributed by atoms with Crippen molar-refractivity contribution in [2.75, 3.05) is 13.1 Å². The summed E-state index contributed by atoms with van der Waals surface area (Å²) in [5, 5.41) is 9.65. The quantitative estimate of drug-likeness (QED) is 0.615. The number of carbonyl (C=O) groups is 1. The molecular formula is C24H30N4O3S. The monoisotopic (exact) mass is 454 g/mol. The van der Waals surface area contributed by atoms with Gasteiger partial charge in [0.2, 0.25) is 15.9 Å². The van der Waals surface area contributed by atoms with E-state index in [9.17, 15) is 13.2 Å². The third-order valence-corrected chi connectivity index (χ3v) is 8.34. The number of nitrogens with one attached hydrogen (secondary N) is 1. The van der Waals surface area contributed by atoms with Gasteiger partial charge in [0.15, 0.2) is 0 Å². The molecule has 0 spiro atoms. The lowest BCUT2D eigenvalue weighted by molar-refractivity contribution is -0.122. The van der Waals surface area contributed by atoms with Crippen molar-refractivity contribution in [1.82, 2.24) is 19.4 Å². The number of aryl methyl sites for hydroxylation is 1. The summed E-state index contributed by atoms with van der Waals surface area (Å²) in [6.07, 6.45) is 2.80. The predicted molar refractivity (Wildman–Crippen MR) is 125 cm³/mol. The second kappa shape index (κ2) is 9.03. The second-order valence-corrected chi connectivity index (χ2v) is 10.4. The molecule has 0 saturated carbocycles. The van der Waals surface area contributed by atoms with Crippen molar-refractivity contribution in [1.29, 1.82) is 0 Å². The molecule has 2 heterocycles. The van der Waals surface area contributed by atoms with E-state index in [2.05, 4.69) is 10.4 Å². The molecule has 1 N–H and O–H groups in total. The molecule has 1 aromatic heterocycles. The first-order chi connectivity index (χ1) is 15.3. The van der Waals surface area contributed by atoms with Crippen molar-refractivity contribution in [2.45, 2.75) is 57.5 Å². The van der Waals surface area contributed by atoms with Crippen LogP contribution in [0.4, 0.5) is 0 Å². The van der Waals surface area contributed by atoms with Gasteiger partial charge in [-0.3, -0.25) is 9.48 Å². The van der Waals surface area contributed by atoms with Crippen LogP contribution < -0.4 is 5.32 Å². The Kier molecular flexibility index (Phi) is 6.35. The summed E-state index contributed by atoms with van der Waals surface area (Å²) in [7, 11) is -3.61. The highest BCUT2D eigenvalue weighted by molar-refractivity contribution is 7.89. The number of nitrogens with zero attached hydrogens (tertiary/aromatic N) is 3.